The smallest absolute Gasteiger partial charge is 0.296 e. The molecule has 2 aliphatic rings. The van der Waals surface area contributed by atoms with Gasteiger partial charge >= 0.3 is 0 Å². The summed E-state index contributed by atoms with van der Waals surface area (Å²) in [5.41, 5.74) is 0.829. The number of carbonyl (C=O) groups is 1. The van der Waals surface area contributed by atoms with Crippen LogP contribution in [-0.2, 0) is 4.79 Å². The Morgan fingerprint density at radius 2 is 2.24 bits per heavy atom. The van der Waals surface area contributed by atoms with Crippen molar-refractivity contribution in [3.63, 3.8) is 0 Å². The Morgan fingerprint density at radius 1 is 1.38 bits per heavy atom. The highest BCUT2D eigenvalue weighted by Gasteiger charge is 2.25. The van der Waals surface area contributed by atoms with Crippen LogP contribution in [-0.4, -0.2) is 23.5 Å². The molecule has 2 N–H and O–H groups in total. The number of nitrogens with one attached hydrogen (secondary N) is 2. The minimum absolute atomic E-state index is 0.0422. The summed E-state index contributed by atoms with van der Waals surface area (Å²) < 4.78 is 5.22. The van der Waals surface area contributed by atoms with E-state index >= 15 is 0 Å². The van der Waals surface area contributed by atoms with Gasteiger partial charge in [-0.25, -0.2) is 0 Å². The van der Waals surface area contributed by atoms with Crippen molar-refractivity contribution < 1.29 is 14.5 Å². The zero-order valence-electron chi connectivity index (χ0n) is 11.3. The van der Waals surface area contributed by atoms with Crippen LogP contribution in [0.4, 0.5) is 17.1 Å². The van der Waals surface area contributed by atoms with Gasteiger partial charge in [0.05, 0.1) is 16.7 Å². The summed E-state index contributed by atoms with van der Waals surface area (Å²) in [6, 6.07) is 3.09. The van der Waals surface area contributed by atoms with Crippen molar-refractivity contribution in [1.29, 1.82) is 0 Å². The van der Waals surface area contributed by atoms with Crippen LogP contribution in [0.1, 0.15) is 19.3 Å². The fourth-order valence-electron chi connectivity index (χ4n) is 2.53. The average Bonchev–Trinajstić information content (AvgIpc) is 2.47. The molecule has 0 aromatic heterocycles. The zero-order valence-corrected chi connectivity index (χ0v) is 11.3. The molecular formula is C14H15N3O4. The molecule has 0 radical (unpaired) electrons. The number of amides is 1. The Hall–Kier alpha value is -2.57. The number of nitrogens with zero attached hydrogens (tertiary/aromatic N) is 1. The number of nitro groups is 1. The molecule has 1 unspecified atom stereocenters. The summed E-state index contributed by atoms with van der Waals surface area (Å²) in [7, 11) is 0. The summed E-state index contributed by atoms with van der Waals surface area (Å²) >= 11 is 0. The van der Waals surface area contributed by atoms with Gasteiger partial charge < -0.3 is 15.4 Å². The van der Waals surface area contributed by atoms with Crippen molar-refractivity contribution in [3.8, 4) is 5.75 Å². The van der Waals surface area contributed by atoms with E-state index in [4.69, 9.17) is 4.74 Å². The fourth-order valence-corrected chi connectivity index (χ4v) is 2.53. The largest absolute Gasteiger partial charge is 0.481 e. The Kier molecular flexibility index (Phi) is 3.47. The van der Waals surface area contributed by atoms with Crippen molar-refractivity contribution in [1.82, 2.24) is 0 Å². The van der Waals surface area contributed by atoms with E-state index in [-0.39, 0.29) is 24.2 Å². The molecule has 0 fully saturated rings. The van der Waals surface area contributed by atoms with Gasteiger partial charge in [0.2, 0.25) is 0 Å². The summed E-state index contributed by atoms with van der Waals surface area (Å²) in [4.78, 5) is 22.1. The van der Waals surface area contributed by atoms with Crippen molar-refractivity contribution in [2.75, 3.05) is 17.2 Å². The highest BCUT2D eigenvalue weighted by Crippen LogP contribution is 2.38. The van der Waals surface area contributed by atoms with Gasteiger partial charge in [0, 0.05) is 6.04 Å². The monoisotopic (exact) mass is 289 g/mol. The number of nitro benzene ring substituents is 1. The molecule has 1 aromatic carbocycles. The van der Waals surface area contributed by atoms with E-state index in [1.165, 1.54) is 6.07 Å². The van der Waals surface area contributed by atoms with Crippen LogP contribution >= 0.6 is 0 Å². The standard InChI is InChI=1S/C14H15N3O4/c18-14-8-21-13-7-12(17(19)20)10(6-11(13)16-14)15-9-4-2-1-3-5-9/h1-2,6-7,9,15H,3-5,8H2,(H,16,18). The van der Waals surface area contributed by atoms with Gasteiger partial charge in [0.25, 0.3) is 11.6 Å². The SMILES string of the molecule is O=C1COc2cc([N+](=O)[O-])c(NC3CC=CCC3)cc2N1. The molecule has 1 aromatic rings. The van der Waals surface area contributed by atoms with E-state index in [0.717, 1.165) is 19.3 Å². The highest BCUT2D eigenvalue weighted by atomic mass is 16.6. The van der Waals surface area contributed by atoms with Crippen LogP contribution in [0.25, 0.3) is 0 Å². The molecule has 110 valence electrons. The lowest BCUT2D eigenvalue weighted by atomic mass is 10.0. The minimum Gasteiger partial charge on any atom is -0.481 e. The predicted molar refractivity (Wildman–Crippen MR) is 77.6 cm³/mol. The summed E-state index contributed by atoms with van der Waals surface area (Å²) in [5, 5.41) is 17.1. The number of carbonyl (C=O) groups excluding carboxylic acids is 1. The summed E-state index contributed by atoms with van der Waals surface area (Å²) in [6.45, 7) is -0.121. The third kappa shape index (κ3) is 2.81. The fraction of sp³-hybridized carbons (Fsp3) is 0.357. The van der Waals surface area contributed by atoms with Gasteiger partial charge in [0.1, 0.15) is 5.69 Å². The molecule has 3 rings (SSSR count). The van der Waals surface area contributed by atoms with E-state index in [0.29, 0.717) is 17.1 Å². The van der Waals surface area contributed by atoms with E-state index < -0.39 is 4.92 Å². The van der Waals surface area contributed by atoms with Crippen LogP contribution in [0.2, 0.25) is 0 Å². The predicted octanol–water partition coefficient (Wildman–Crippen LogP) is 2.45. The van der Waals surface area contributed by atoms with Crippen LogP contribution in [0.5, 0.6) is 5.75 Å². The van der Waals surface area contributed by atoms with Crippen LogP contribution < -0.4 is 15.4 Å². The molecule has 0 saturated heterocycles. The van der Waals surface area contributed by atoms with Crippen LogP contribution in [0, 0.1) is 10.1 Å². The minimum atomic E-state index is -0.443. The maximum absolute atomic E-state index is 11.3. The molecule has 1 heterocycles. The number of hydrogen-bond acceptors (Lipinski definition) is 5. The van der Waals surface area contributed by atoms with E-state index in [1.54, 1.807) is 6.07 Å². The first-order valence-corrected chi connectivity index (χ1v) is 6.80. The topological polar surface area (TPSA) is 93.5 Å². The van der Waals surface area contributed by atoms with E-state index in [2.05, 4.69) is 22.8 Å². The first kappa shape index (κ1) is 13.4. The second-order valence-corrected chi connectivity index (χ2v) is 5.09. The quantitative estimate of drug-likeness (QED) is 0.506. The number of allylic oxidation sites excluding steroid dienone is 1. The van der Waals surface area contributed by atoms with Gasteiger partial charge in [-0.2, -0.15) is 0 Å². The van der Waals surface area contributed by atoms with Crippen molar-refractivity contribution in [2.24, 2.45) is 0 Å². The maximum Gasteiger partial charge on any atom is 0.296 e. The molecule has 1 aliphatic heterocycles. The first-order chi connectivity index (χ1) is 10.1. The number of anilines is 2. The molecule has 7 heteroatoms. The number of fused-ring (bicyclic) bond motifs is 1. The number of rotatable bonds is 3. The molecule has 0 bridgehead atoms. The van der Waals surface area contributed by atoms with Crippen molar-refractivity contribution in [2.45, 2.75) is 25.3 Å². The molecule has 0 saturated carbocycles. The van der Waals surface area contributed by atoms with Gasteiger partial charge in [-0.1, -0.05) is 12.2 Å². The lowest BCUT2D eigenvalue weighted by Gasteiger charge is -2.23. The number of benzene rings is 1. The van der Waals surface area contributed by atoms with Gasteiger partial charge in [-0.05, 0) is 25.3 Å². The Bertz CT molecular complexity index is 627. The second kappa shape index (κ2) is 5.43. The molecule has 7 nitrogen and oxygen atoms in total. The maximum atomic E-state index is 11.3. The van der Waals surface area contributed by atoms with Gasteiger partial charge in [-0.3, -0.25) is 14.9 Å². The van der Waals surface area contributed by atoms with Crippen molar-refractivity contribution in [3.05, 3.63) is 34.4 Å². The van der Waals surface area contributed by atoms with E-state index in [9.17, 15) is 14.9 Å². The Labute approximate surface area is 121 Å². The average molecular weight is 289 g/mol. The Balaban J connectivity index is 1.93. The zero-order chi connectivity index (χ0) is 14.8. The number of hydrogen-bond donors (Lipinski definition) is 2. The number of ether oxygens (including phenoxy) is 1. The van der Waals surface area contributed by atoms with Crippen molar-refractivity contribution >= 4 is 23.0 Å². The molecular weight excluding hydrogens is 274 g/mol. The van der Waals surface area contributed by atoms with Crippen LogP contribution in [0.3, 0.4) is 0 Å². The molecule has 21 heavy (non-hydrogen) atoms. The second-order valence-electron chi connectivity index (χ2n) is 5.09. The van der Waals surface area contributed by atoms with Gasteiger partial charge in [-0.15, -0.1) is 0 Å². The van der Waals surface area contributed by atoms with Gasteiger partial charge in [0.15, 0.2) is 12.4 Å². The first-order valence-electron chi connectivity index (χ1n) is 6.80. The molecule has 1 aliphatic carbocycles. The lowest BCUT2D eigenvalue weighted by Crippen LogP contribution is -2.26. The third-order valence-electron chi connectivity index (χ3n) is 3.56. The van der Waals surface area contributed by atoms with Crippen LogP contribution in [0.15, 0.2) is 24.3 Å². The van der Waals surface area contributed by atoms with E-state index in [1.807, 2.05) is 0 Å². The molecule has 0 spiro atoms. The third-order valence-corrected chi connectivity index (χ3v) is 3.56. The molecule has 1 atom stereocenters. The highest BCUT2D eigenvalue weighted by molar-refractivity contribution is 5.96. The lowest BCUT2D eigenvalue weighted by molar-refractivity contribution is -0.384. The summed E-state index contributed by atoms with van der Waals surface area (Å²) in [5.74, 6) is 0.0679. The Morgan fingerprint density at radius 3 is 2.95 bits per heavy atom. The normalized spacial score (nSPS) is 20.2. The summed E-state index contributed by atoms with van der Waals surface area (Å²) in [6.07, 6.45) is 6.88. The molecule has 1 amide bonds.